The van der Waals surface area contributed by atoms with Crippen molar-refractivity contribution >= 4 is 5.78 Å². The van der Waals surface area contributed by atoms with Gasteiger partial charge in [0.15, 0.2) is 0 Å². The largest absolute Gasteiger partial charge is 0.299 e. The molecule has 0 aliphatic heterocycles. The average molecular weight is 138 g/mol. The summed E-state index contributed by atoms with van der Waals surface area (Å²) in [5, 5.41) is 0. The van der Waals surface area contributed by atoms with Crippen LogP contribution in [0.5, 0.6) is 0 Å². The number of carbonyl (C=O) groups excluding carboxylic acids is 1. The first-order chi connectivity index (χ1) is 4.64. The standard InChI is InChI=1S/C9H14O/c1-9(2)6-4-3-5-7(9)8(6)10/h6-7H,3-5H2,1-2H3. The highest BCUT2D eigenvalue weighted by Gasteiger charge is 2.57. The summed E-state index contributed by atoms with van der Waals surface area (Å²) >= 11 is 0. The van der Waals surface area contributed by atoms with Crippen LogP contribution in [0.1, 0.15) is 33.1 Å². The molecule has 1 heteroatoms. The molecule has 0 saturated heterocycles. The molecule has 3 rings (SSSR count). The van der Waals surface area contributed by atoms with Crippen molar-refractivity contribution in [1.29, 1.82) is 0 Å². The molecule has 0 amide bonds. The van der Waals surface area contributed by atoms with Gasteiger partial charge in [-0.25, -0.2) is 0 Å². The summed E-state index contributed by atoms with van der Waals surface area (Å²) in [5.74, 6) is 1.40. The van der Waals surface area contributed by atoms with Crippen LogP contribution in [0, 0.1) is 17.3 Å². The summed E-state index contributed by atoms with van der Waals surface area (Å²) < 4.78 is 0. The van der Waals surface area contributed by atoms with Crippen molar-refractivity contribution in [2.75, 3.05) is 0 Å². The topological polar surface area (TPSA) is 17.1 Å². The van der Waals surface area contributed by atoms with Gasteiger partial charge in [0.1, 0.15) is 5.78 Å². The zero-order valence-corrected chi connectivity index (χ0v) is 6.68. The monoisotopic (exact) mass is 138 g/mol. The van der Waals surface area contributed by atoms with Gasteiger partial charge in [-0.05, 0) is 18.3 Å². The molecule has 3 aliphatic carbocycles. The zero-order valence-electron chi connectivity index (χ0n) is 6.68. The molecule has 2 atom stereocenters. The van der Waals surface area contributed by atoms with Gasteiger partial charge in [0.05, 0.1) is 0 Å². The van der Waals surface area contributed by atoms with Gasteiger partial charge in [-0.1, -0.05) is 20.3 Å². The van der Waals surface area contributed by atoms with Crippen LogP contribution in [-0.2, 0) is 4.79 Å². The van der Waals surface area contributed by atoms with E-state index in [-0.39, 0.29) is 0 Å². The Morgan fingerprint density at radius 1 is 1.30 bits per heavy atom. The fourth-order valence-corrected chi connectivity index (χ4v) is 2.68. The van der Waals surface area contributed by atoms with Crippen molar-refractivity contribution in [2.45, 2.75) is 33.1 Å². The molecular formula is C9H14O. The van der Waals surface area contributed by atoms with Crippen molar-refractivity contribution in [2.24, 2.45) is 17.3 Å². The Labute approximate surface area is 61.8 Å². The lowest BCUT2D eigenvalue weighted by atomic mass is 9.48. The van der Waals surface area contributed by atoms with Crippen molar-refractivity contribution in [3.05, 3.63) is 0 Å². The van der Waals surface area contributed by atoms with Gasteiger partial charge in [0.25, 0.3) is 0 Å². The fourth-order valence-electron chi connectivity index (χ4n) is 2.68. The number of rotatable bonds is 0. The van der Waals surface area contributed by atoms with Gasteiger partial charge in [-0.2, -0.15) is 0 Å². The van der Waals surface area contributed by atoms with Crippen LogP contribution in [0.3, 0.4) is 0 Å². The Kier molecular flexibility index (Phi) is 1.04. The second-order valence-electron chi connectivity index (χ2n) is 4.26. The number of hydrogen-bond acceptors (Lipinski definition) is 1. The highest BCUT2D eigenvalue weighted by molar-refractivity contribution is 5.92. The van der Waals surface area contributed by atoms with Crippen molar-refractivity contribution in [1.82, 2.24) is 0 Å². The molecule has 56 valence electrons. The first kappa shape index (κ1) is 6.38. The van der Waals surface area contributed by atoms with E-state index in [0.29, 0.717) is 23.0 Å². The fraction of sp³-hybridized carbons (Fsp3) is 0.889. The molecule has 0 heterocycles. The van der Waals surface area contributed by atoms with Crippen LogP contribution >= 0.6 is 0 Å². The molecule has 0 N–H and O–H groups in total. The molecule has 3 aliphatic rings. The second-order valence-corrected chi connectivity index (χ2v) is 4.26. The molecule has 0 spiro atoms. The Hall–Kier alpha value is -0.330. The van der Waals surface area contributed by atoms with Gasteiger partial charge in [0, 0.05) is 11.8 Å². The summed E-state index contributed by atoms with van der Waals surface area (Å²) in [6, 6.07) is 0. The third kappa shape index (κ3) is 0.518. The Morgan fingerprint density at radius 3 is 2.00 bits per heavy atom. The molecule has 3 fully saturated rings. The molecule has 0 aromatic rings. The summed E-state index contributed by atoms with van der Waals surface area (Å²) in [6.07, 6.45) is 3.59. The SMILES string of the molecule is CC1(C)C2CCCC1C2=O. The Morgan fingerprint density at radius 2 is 1.80 bits per heavy atom. The van der Waals surface area contributed by atoms with Crippen LogP contribution in [0.4, 0.5) is 0 Å². The van der Waals surface area contributed by atoms with Crippen molar-refractivity contribution < 1.29 is 4.79 Å². The highest BCUT2D eigenvalue weighted by atomic mass is 16.1. The van der Waals surface area contributed by atoms with Crippen LogP contribution in [-0.4, -0.2) is 5.78 Å². The molecule has 1 nitrogen and oxygen atoms in total. The third-order valence-corrected chi connectivity index (χ3v) is 3.47. The summed E-state index contributed by atoms with van der Waals surface area (Å²) in [6.45, 7) is 4.48. The summed E-state index contributed by atoms with van der Waals surface area (Å²) in [4.78, 5) is 11.3. The molecule has 0 aromatic carbocycles. The summed E-state index contributed by atoms with van der Waals surface area (Å²) in [7, 11) is 0. The first-order valence-electron chi connectivity index (χ1n) is 4.18. The normalized spacial score (nSPS) is 42.8. The van der Waals surface area contributed by atoms with Crippen LogP contribution < -0.4 is 0 Å². The van der Waals surface area contributed by atoms with Gasteiger partial charge < -0.3 is 0 Å². The zero-order chi connectivity index (χ0) is 7.35. The highest BCUT2D eigenvalue weighted by Crippen LogP contribution is 2.56. The van der Waals surface area contributed by atoms with Crippen molar-refractivity contribution in [3.63, 3.8) is 0 Å². The number of ketones is 1. The van der Waals surface area contributed by atoms with E-state index in [9.17, 15) is 4.79 Å². The minimum absolute atomic E-state index is 0.356. The number of fused-ring (bicyclic) bond motifs is 2. The molecule has 3 saturated carbocycles. The van der Waals surface area contributed by atoms with E-state index >= 15 is 0 Å². The molecule has 0 aromatic heterocycles. The molecular weight excluding hydrogens is 124 g/mol. The maximum atomic E-state index is 11.3. The molecule has 0 radical (unpaired) electrons. The lowest BCUT2D eigenvalue weighted by Crippen LogP contribution is -2.56. The third-order valence-electron chi connectivity index (χ3n) is 3.47. The lowest BCUT2D eigenvalue weighted by Gasteiger charge is -2.54. The smallest absolute Gasteiger partial charge is 0.140 e. The Balaban J connectivity index is 2.26. The van der Waals surface area contributed by atoms with Gasteiger partial charge in [-0.15, -0.1) is 0 Å². The maximum Gasteiger partial charge on any atom is 0.140 e. The summed E-state index contributed by atoms with van der Waals surface area (Å²) in [5.41, 5.74) is 0.356. The number of carbonyl (C=O) groups is 1. The van der Waals surface area contributed by atoms with Crippen LogP contribution in [0.15, 0.2) is 0 Å². The van der Waals surface area contributed by atoms with E-state index in [1.165, 1.54) is 6.42 Å². The molecule has 2 bridgehead atoms. The number of Topliss-reactive ketones (excluding diaryl/α,β-unsaturated/α-hetero) is 1. The first-order valence-corrected chi connectivity index (χ1v) is 4.18. The maximum absolute atomic E-state index is 11.3. The van der Waals surface area contributed by atoms with Gasteiger partial charge in [0.2, 0.25) is 0 Å². The molecule has 2 unspecified atom stereocenters. The van der Waals surface area contributed by atoms with E-state index in [0.717, 1.165) is 12.8 Å². The van der Waals surface area contributed by atoms with Crippen molar-refractivity contribution in [3.8, 4) is 0 Å². The minimum Gasteiger partial charge on any atom is -0.299 e. The van der Waals surface area contributed by atoms with E-state index in [4.69, 9.17) is 0 Å². The number of hydrogen-bond donors (Lipinski definition) is 0. The average Bonchev–Trinajstić information content (AvgIpc) is 1.88. The Bertz CT molecular complexity index is 165. The van der Waals surface area contributed by atoms with E-state index in [2.05, 4.69) is 13.8 Å². The van der Waals surface area contributed by atoms with Gasteiger partial charge in [-0.3, -0.25) is 4.79 Å². The lowest BCUT2D eigenvalue weighted by molar-refractivity contribution is -0.159. The van der Waals surface area contributed by atoms with Crippen LogP contribution in [0.2, 0.25) is 0 Å². The minimum atomic E-state index is 0.356. The van der Waals surface area contributed by atoms with Crippen LogP contribution in [0.25, 0.3) is 0 Å². The molecule has 10 heavy (non-hydrogen) atoms. The predicted octanol–water partition coefficient (Wildman–Crippen LogP) is 2.01. The van der Waals surface area contributed by atoms with E-state index in [1.54, 1.807) is 0 Å². The van der Waals surface area contributed by atoms with E-state index in [1.807, 2.05) is 0 Å². The second kappa shape index (κ2) is 1.63. The quantitative estimate of drug-likeness (QED) is 0.500. The van der Waals surface area contributed by atoms with Gasteiger partial charge >= 0.3 is 0 Å². The predicted molar refractivity (Wildman–Crippen MR) is 39.6 cm³/mol. The van der Waals surface area contributed by atoms with E-state index < -0.39 is 0 Å².